The number of ether oxygens (including phenoxy) is 1. The second-order valence-electron chi connectivity index (χ2n) is 7.56. The standard InChI is InChI=1S/C20H27FN2O2/c21-12-15(13-22)14-25-17-4-2-16(3-5-17)19-6-1-7-20(10-8-19,11-9-19)18(23)24/h2-5,12H,1,6-11,13-14,22H2,(H2,23,24)/b15-12+. The Labute approximate surface area is 148 Å². The van der Waals surface area contributed by atoms with Gasteiger partial charge in [-0.05, 0) is 61.6 Å². The summed E-state index contributed by atoms with van der Waals surface area (Å²) in [6.07, 6.45) is 7.38. The first kappa shape index (κ1) is 17.9. The molecule has 2 bridgehead atoms. The molecule has 0 unspecified atom stereocenters. The molecular weight excluding hydrogens is 319 g/mol. The van der Waals surface area contributed by atoms with Crippen molar-refractivity contribution in [2.75, 3.05) is 13.2 Å². The van der Waals surface area contributed by atoms with E-state index in [9.17, 15) is 9.18 Å². The van der Waals surface area contributed by atoms with Crippen LogP contribution in [0.2, 0.25) is 0 Å². The van der Waals surface area contributed by atoms with Crippen LogP contribution < -0.4 is 16.2 Å². The number of benzene rings is 1. The smallest absolute Gasteiger partial charge is 0.223 e. The number of hydrogen-bond acceptors (Lipinski definition) is 3. The molecule has 0 aliphatic heterocycles. The van der Waals surface area contributed by atoms with Crippen LogP contribution in [0.1, 0.15) is 50.5 Å². The molecule has 0 radical (unpaired) electrons. The minimum Gasteiger partial charge on any atom is -0.489 e. The predicted molar refractivity (Wildman–Crippen MR) is 95.8 cm³/mol. The Kier molecular flexibility index (Phi) is 5.13. The molecule has 3 fully saturated rings. The molecule has 1 amide bonds. The maximum Gasteiger partial charge on any atom is 0.223 e. The maximum atomic E-state index is 12.5. The molecule has 0 spiro atoms. The summed E-state index contributed by atoms with van der Waals surface area (Å²) >= 11 is 0. The Bertz CT molecular complexity index is 646. The van der Waals surface area contributed by atoms with Gasteiger partial charge < -0.3 is 16.2 Å². The normalized spacial score (nSPS) is 29.3. The SMILES string of the molecule is NC/C(=C\F)COc1ccc(C23CCCC(C(N)=O)(CC2)CC3)cc1. The Balaban J connectivity index is 1.71. The van der Waals surface area contributed by atoms with Gasteiger partial charge in [0.05, 0.1) is 6.33 Å². The highest BCUT2D eigenvalue weighted by Gasteiger charge is 2.49. The molecule has 3 aliphatic carbocycles. The van der Waals surface area contributed by atoms with E-state index in [0.717, 1.165) is 44.9 Å². The van der Waals surface area contributed by atoms with E-state index in [4.69, 9.17) is 16.2 Å². The number of primary amides is 1. The summed E-state index contributed by atoms with van der Waals surface area (Å²) in [6, 6.07) is 8.10. The molecule has 1 aromatic carbocycles. The molecule has 3 aliphatic rings. The fraction of sp³-hybridized carbons (Fsp3) is 0.550. The van der Waals surface area contributed by atoms with Crippen molar-refractivity contribution in [1.82, 2.24) is 0 Å². The molecule has 0 atom stereocenters. The van der Waals surface area contributed by atoms with Crippen LogP contribution in [0.3, 0.4) is 0 Å². The molecule has 4 N–H and O–H groups in total. The molecule has 5 heteroatoms. The molecule has 0 saturated heterocycles. The van der Waals surface area contributed by atoms with E-state index >= 15 is 0 Å². The predicted octanol–water partition coefficient (Wildman–Crippen LogP) is 3.34. The molecule has 4 nitrogen and oxygen atoms in total. The first-order valence-electron chi connectivity index (χ1n) is 9.05. The molecule has 0 heterocycles. The van der Waals surface area contributed by atoms with E-state index in [1.54, 1.807) is 0 Å². The van der Waals surface area contributed by atoms with Gasteiger partial charge in [-0.1, -0.05) is 18.6 Å². The molecule has 1 aromatic rings. The zero-order valence-electron chi connectivity index (χ0n) is 14.6. The third kappa shape index (κ3) is 3.43. The minimum atomic E-state index is -0.277. The second-order valence-corrected chi connectivity index (χ2v) is 7.56. The monoisotopic (exact) mass is 346 g/mol. The van der Waals surface area contributed by atoms with Gasteiger partial charge in [0.15, 0.2) is 0 Å². The summed E-state index contributed by atoms with van der Waals surface area (Å²) in [7, 11) is 0. The van der Waals surface area contributed by atoms with Crippen LogP contribution in [0.25, 0.3) is 0 Å². The van der Waals surface area contributed by atoms with Gasteiger partial charge in [-0.15, -0.1) is 0 Å². The number of carbonyl (C=O) groups is 1. The zero-order chi connectivity index (χ0) is 17.9. The van der Waals surface area contributed by atoms with Crippen LogP contribution in [0.15, 0.2) is 36.2 Å². The quantitative estimate of drug-likeness (QED) is 0.829. The van der Waals surface area contributed by atoms with Crippen LogP contribution in [-0.2, 0) is 10.2 Å². The van der Waals surface area contributed by atoms with Crippen molar-refractivity contribution in [3.63, 3.8) is 0 Å². The van der Waals surface area contributed by atoms with Gasteiger partial charge in [0.25, 0.3) is 0 Å². The summed E-state index contributed by atoms with van der Waals surface area (Å²) in [5.74, 6) is 0.590. The number of fused-ring (bicyclic) bond motifs is 4. The topological polar surface area (TPSA) is 78.3 Å². The van der Waals surface area contributed by atoms with Crippen molar-refractivity contribution in [1.29, 1.82) is 0 Å². The summed E-state index contributed by atoms with van der Waals surface area (Å²) < 4.78 is 18.1. The van der Waals surface area contributed by atoms with Crippen LogP contribution >= 0.6 is 0 Å². The van der Waals surface area contributed by atoms with Crippen molar-refractivity contribution in [3.05, 3.63) is 41.7 Å². The van der Waals surface area contributed by atoms with E-state index < -0.39 is 0 Å². The highest BCUT2D eigenvalue weighted by Crippen LogP contribution is 2.55. The lowest BCUT2D eigenvalue weighted by Gasteiger charge is -2.41. The van der Waals surface area contributed by atoms with E-state index in [1.165, 1.54) is 5.56 Å². The Morgan fingerprint density at radius 3 is 2.36 bits per heavy atom. The third-order valence-corrected chi connectivity index (χ3v) is 6.30. The van der Waals surface area contributed by atoms with Gasteiger partial charge in [0, 0.05) is 17.5 Å². The molecule has 3 saturated carbocycles. The Morgan fingerprint density at radius 1 is 1.12 bits per heavy atom. The molecular formula is C20H27FN2O2. The number of nitrogens with two attached hydrogens (primary N) is 2. The summed E-state index contributed by atoms with van der Waals surface area (Å²) in [5.41, 5.74) is 12.7. The van der Waals surface area contributed by atoms with Crippen molar-refractivity contribution >= 4 is 5.91 Å². The van der Waals surface area contributed by atoms with Gasteiger partial charge in [-0.3, -0.25) is 4.79 Å². The van der Waals surface area contributed by atoms with Crippen molar-refractivity contribution < 1.29 is 13.9 Å². The summed E-state index contributed by atoms with van der Waals surface area (Å²) in [5, 5.41) is 0. The van der Waals surface area contributed by atoms with Gasteiger partial charge in [0.2, 0.25) is 5.91 Å². The van der Waals surface area contributed by atoms with E-state index in [2.05, 4.69) is 12.1 Å². The summed E-state index contributed by atoms with van der Waals surface area (Å²) in [6.45, 7) is 0.317. The van der Waals surface area contributed by atoms with E-state index in [-0.39, 0.29) is 29.9 Å². The summed E-state index contributed by atoms with van der Waals surface area (Å²) in [4.78, 5) is 11.9. The third-order valence-electron chi connectivity index (χ3n) is 6.30. The molecule has 25 heavy (non-hydrogen) atoms. The molecule has 0 aromatic heterocycles. The molecule has 4 rings (SSSR count). The number of rotatable bonds is 6. The second kappa shape index (κ2) is 7.16. The van der Waals surface area contributed by atoms with Gasteiger partial charge >= 0.3 is 0 Å². The van der Waals surface area contributed by atoms with Crippen LogP contribution in [0.5, 0.6) is 5.75 Å². The number of carbonyl (C=O) groups excluding carboxylic acids is 1. The minimum absolute atomic E-state index is 0.122. The lowest BCUT2D eigenvalue weighted by molar-refractivity contribution is -0.130. The van der Waals surface area contributed by atoms with Crippen molar-refractivity contribution in [3.8, 4) is 5.75 Å². The lowest BCUT2D eigenvalue weighted by atomic mass is 9.62. The van der Waals surface area contributed by atoms with Crippen LogP contribution in [0.4, 0.5) is 4.39 Å². The average Bonchev–Trinajstić information content (AvgIpc) is 2.95. The lowest BCUT2D eigenvalue weighted by Crippen LogP contribution is -2.41. The van der Waals surface area contributed by atoms with E-state index in [0.29, 0.717) is 17.7 Å². The zero-order valence-corrected chi connectivity index (χ0v) is 14.6. The van der Waals surface area contributed by atoms with E-state index in [1.807, 2.05) is 12.1 Å². The van der Waals surface area contributed by atoms with Gasteiger partial charge in [-0.25, -0.2) is 4.39 Å². The fourth-order valence-corrected chi connectivity index (χ4v) is 4.49. The molecule has 136 valence electrons. The van der Waals surface area contributed by atoms with Crippen molar-refractivity contribution in [2.45, 2.75) is 50.4 Å². The first-order chi connectivity index (χ1) is 12.0. The fourth-order valence-electron chi connectivity index (χ4n) is 4.49. The largest absolute Gasteiger partial charge is 0.489 e. The van der Waals surface area contributed by atoms with Crippen molar-refractivity contribution in [2.24, 2.45) is 16.9 Å². The number of amides is 1. The number of hydrogen-bond donors (Lipinski definition) is 2. The van der Waals surface area contributed by atoms with Gasteiger partial charge in [0.1, 0.15) is 12.4 Å². The number of halogens is 1. The maximum absolute atomic E-state index is 12.5. The highest BCUT2D eigenvalue weighted by molar-refractivity contribution is 5.81. The highest BCUT2D eigenvalue weighted by atomic mass is 19.1. The average molecular weight is 346 g/mol. The van der Waals surface area contributed by atoms with Crippen LogP contribution in [-0.4, -0.2) is 19.1 Å². The van der Waals surface area contributed by atoms with Gasteiger partial charge in [-0.2, -0.15) is 0 Å². The first-order valence-corrected chi connectivity index (χ1v) is 9.05. The Morgan fingerprint density at radius 2 is 1.80 bits per heavy atom. The Hall–Kier alpha value is -1.88. The van der Waals surface area contributed by atoms with Crippen LogP contribution in [0, 0.1) is 5.41 Å².